The smallest absolute Gasteiger partial charge is 0.165 e. The molecule has 2 aromatic heterocycles. The minimum Gasteiger partial charge on any atom is -0.381 e. The molecule has 4 rings (SSSR count). The number of anilines is 2. The van der Waals surface area contributed by atoms with Gasteiger partial charge < -0.3 is 26.4 Å². The average molecular weight is 491 g/mol. The molecule has 0 unspecified atom stereocenters. The molecule has 7 nitrogen and oxygen atoms in total. The number of pyridine rings is 2. The number of hydrogen-bond acceptors (Lipinski definition) is 7. The summed E-state index contributed by atoms with van der Waals surface area (Å²) in [6.07, 6.45) is 8.73. The molecule has 0 amide bonds. The zero-order valence-corrected chi connectivity index (χ0v) is 20.6. The van der Waals surface area contributed by atoms with Crippen molar-refractivity contribution in [2.45, 2.75) is 69.5 Å². The van der Waals surface area contributed by atoms with E-state index in [1.807, 2.05) is 6.07 Å². The van der Waals surface area contributed by atoms with Gasteiger partial charge in [-0.05, 0) is 69.7 Å². The first-order valence-corrected chi connectivity index (χ1v) is 12.8. The van der Waals surface area contributed by atoms with Crippen LogP contribution in [0.15, 0.2) is 24.4 Å². The lowest BCUT2D eigenvalue weighted by Crippen LogP contribution is -2.50. The Morgan fingerprint density at radius 1 is 1.18 bits per heavy atom. The topological polar surface area (TPSA) is 97.1 Å². The summed E-state index contributed by atoms with van der Waals surface area (Å²) in [5, 5.41) is 10.7. The summed E-state index contributed by atoms with van der Waals surface area (Å²) in [6, 6.07) is 5.93. The monoisotopic (exact) mass is 490 g/mol. The molecule has 2 fully saturated rings. The van der Waals surface area contributed by atoms with Gasteiger partial charge in [0, 0.05) is 49.1 Å². The third-order valence-corrected chi connectivity index (χ3v) is 7.14. The summed E-state index contributed by atoms with van der Waals surface area (Å²) in [5.41, 5.74) is 7.31. The van der Waals surface area contributed by atoms with Gasteiger partial charge in [-0.25, -0.2) is 14.4 Å². The summed E-state index contributed by atoms with van der Waals surface area (Å²) in [4.78, 5) is 8.99. The molecule has 0 radical (unpaired) electrons. The minimum atomic E-state index is -0.432. The fourth-order valence-corrected chi connectivity index (χ4v) is 4.84. The Kier molecular flexibility index (Phi) is 8.58. The number of hydrogen-bond donors (Lipinski definition) is 4. The van der Waals surface area contributed by atoms with Crippen molar-refractivity contribution in [1.82, 2.24) is 15.3 Å². The number of ether oxygens (including phenoxy) is 1. The van der Waals surface area contributed by atoms with E-state index < -0.39 is 11.4 Å². The third kappa shape index (κ3) is 6.56. The number of aromatic nitrogens is 2. The highest BCUT2D eigenvalue weighted by atomic mass is 35.5. The molecule has 34 heavy (non-hydrogen) atoms. The molecule has 1 aliphatic carbocycles. The minimum absolute atomic E-state index is 0.175. The largest absolute Gasteiger partial charge is 0.381 e. The highest BCUT2D eigenvalue weighted by molar-refractivity contribution is 6.33. The fraction of sp³-hybridized carbons (Fsp3) is 0.600. The van der Waals surface area contributed by atoms with Gasteiger partial charge in [0.1, 0.15) is 5.82 Å². The Balaban J connectivity index is 1.42. The van der Waals surface area contributed by atoms with E-state index in [1.54, 1.807) is 12.3 Å². The number of nitrogens with two attached hydrogens (primary N) is 1. The second kappa shape index (κ2) is 11.6. The van der Waals surface area contributed by atoms with Gasteiger partial charge in [0.05, 0.1) is 10.7 Å². The first kappa shape index (κ1) is 25.1. The first-order valence-electron chi connectivity index (χ1n) is 12.4. The van der Waals surface area contributed by atoms with Gasteiger partial charge in [-0.2, -0.15) is 0 Å². The van der Waals surface area contributed by atoms with Gasteiger partial charge in [0.15, 0.2) is 11.6 Å². The second-order valence-corrected chi connectivity index (χ2v) is 9.96. The lowest BCUT2D eigenvalue weighted by atomic mass is 9.91. The van der Waals surface area contributed by atoms with Crippen molar-refractivity contribution >= 4 is 23.2 Å². The van der Waals surface area contributed by atoms with Gasteiger partial charge in [-0.1, -0.05) is 18.5 Å². The van der Waals surface area contributed by atoms with Crippen molar-refractivity contribution in [3.63, 3.8) is 0 Å². The zero-order valence-electron chi connectivity index (χ0n) is 19.9. The molecule has 5 N–H and O–H groups in total. The van der Waals surface area contributed by atoms with Crippen LogP contribution in [-0.4, -0.2) is 53.9 Å². The van der Waals surface area contributed by atoms with E-state index in [2.05, 4.69) is 32.8 Å². The molecule has 1 aliphatic heterocycles. The number of halogens is 2. The first-order chi connectivity index (χ1) is 16.5. The number of nitrogens with zero attached hydrogens (tertiary/aromatic N) is 2. The Labute approximate surface area is 206 Å². The van der Waals surface area contributed by atoms with E-state index in [1.165, 1.54) is 6.07 Å². The van der Waals surface area contributed by atoms with E-state index in [-0.39, 0.29) is 5.82 Å². The highest BCUT2D eigenvalue weighted by Crippen LogP contribution is 2.31. The van der Waals surface area contributed by atoms with E-state index in [0.717, 1.165) is 57.3 Å². The zero-order chi connectivity index (χ0) is 24.0. The normalized spacial score (nSPS) is 22.4. The average Bonchev–Trinajstić information content (AvgIpc) is 2.85. The van der Waals surface area contributed by atoms with E-state index in [9.17, 15) is 4.39 Å². The molecule has 9 heteroatoms. The molecule has 0 spiro atoms. The van der Waals surface area contributed by atoms with Crippen LogP contribution < -0.4 is 21.7 Å². The molecule has 1 saturated carbocycles. The van der Waals surface area contributed by atoms with Crippen LogP contribution in [0.5, 0.6) is 0 Å². The van der Waals surface area contributed by atoms with Gasteiger partial charge in [-0.3, -0.25) is 0 Å². The van der Waals surface area contributed by atoms with Crippen molar-refractivity contribution in [1.29, 1.82) is 0 Å². The molecule has 3 heterocycles. The summed E-state index contributed by atoms with van der Waals surface area (Å²) in [7, 11) is 0. The van der Waals surface area contributed by atoms with Crippen molar-refractivity contribution in [3.8, 4) is 11.3 Å². The van der Waals surface area contributed by atoms with Crippen LogP contribution in [0.2, 0.25) is 5.02 Å². The number of rotatable bonds is 9. The summed E-state index contributed by atoms with van der Waals surface area (Å²) >= 11 is 6.47. The molecule has 2 aromatic rings. The van der Waals surface area contributed by atoms with Crippen molar-refractivity contribution in [2.75, 3.05) is 36.9 Å². The second-order valence-electron chi connectivity index (χ2n) is 9.55. The standard InChI is InChI=1S/C25H36ClFN6O/c1-2-11-29-17-3-5-18(6-4-17)32-23-14-19(20(26)15-30-23)22-8-7-21(27)24(33-22)31-16-25(28)9-12-34-13-10-25/h7-8,14-15,17-18,29H,2-6,9-13,16,28H2,1H3,(H,30,32)(H,31,33). The van der Waals surface area contributed by atoms with E-state index in [4.69, 9.17) is 22.1 Å². The predicted molar refractivity (Wildman–Crippen MR) is 136 cm³/mol. The van der Waals surface area contributed by atoms with Gasteiger partial charge >= 0.3 is 0 Å². The molecule has 2 aliphatic rings. The molecule has 1 saturated heterocycles. The van der Waals surface area contributed by atoms with Crippen molar-refractivity contribution in [3.05, 3.63) is 35.2 Å². The molecule has 186 valence electrons. The van der Waals surface area contributed by atoms with Crippen LogP contribution in [0.4, 0.5) is 16.0 Å². The SMILES string of the molecule is CCCNC1CCC(Nc2cc(-c3ccc(F)c(NCC4(N)CCOCC4)n3)c(Cl)cn2)CC1. The van der Waals surface area contributed by atoms with Crippen LogP contribution >= 0.6 is 11.6 Å². The number of nitrogens with one attached hydrogen (secondary N) is 3. The van der Waals surface area contributed by atoms with Crippen molar-refractivity contribution < 1.29 is 9.13 Å². The maximum atomic E-state index is 14.5. The lowest BCUT2D eigenvalue weighted by molar-refractivity contribution is 0.0574. The Morgan fingerprint density at radius 3 is 2.65 bits per heavy atom. The molecular formula is C25H36ClFN6O. The van der Waals surface area contributed by atoms with E-state index in [0.29, 0.717) is 48.1 Å². The van der Waals surface area contributed by atoms with Crippen molar-refractivity contribution in [2.24, 2.45) is 5.73 Å². The van der Waals surface area contributed by atoms with Crippen LogP contribution in [0.3, 0.4) is 0 Å². The molecular weight excluding hydrogens is 455 g/mol. The highest BCUT2D eigenvalue weighted by Gasteiger charge is 2.28. The Hall–Kier alpha value is -2.00. The maximum absolute atomic E-state index is 14.5. The fourth-order valence-electron chi connectivity index (χ4n) is 4.64. The Morgan fingerprint density at radius 2 is 1.91 bits per heavy atom. The predicted octanol–water partition coefficient (Wildman–Crippen LogP) is 4.58. The molecule has 0 bridgehead atoms. The van der Waals surface area contributed by atoms with Crippen LogP contribution in [0, 0.1) is 5.82 Å². The quantitative estimate of drug-likeness (QED) is 0.408. The summed E-state index contributed by atoms with van der Waals surface area (Å²) in [5.74, 6) is 0.513. The maximum Gasteiger partial charge on any atom is 0.165 e. The summed E-state index contributed by atoms with van der Waals surface area (Å²) < 4.78 is 19.9. The van der Waals surface area contributed by atoms with Gasteiger partial charge in [0.25, 0.3) is 0 Å². The van der Waals surface area contributed by atoms with E-state index >= 15 is 0 Å². The molecule has 0 atom stereocenters. The summed E-state index contributed by atoms with van der Waals surface area (Å²) in [6.45, 7) is 4.93. The lowest BCUT2D eigenvalue weighted by Gasteiger charge is -2.33. The van der Waals surface area contributed by atoms with Gasteiger partial charge in [0.2, 0.25) is 0 Å². The third-order valence-electron chi connectivity index (χ3n) is 6.84. The van der Waals surface area contributed by atoms with Crippen LogP contribution in [-0.2, 0) is 4.74 Å². The molecule has 0 aromatic carbocycles. The van der Waals surface area contributed by atoms with Gasteiger partial charge in [-0.15, -0.1) is 0 Å². The Bertz CT molecular complexity index is 947. The van der Waals surface area contributed by atoms with Crippen LogP contribution in [0.25, 0.3) is 11.3 Å². The van der Waals surface area contributed by atoms with Crippen LogP contribution in [0.1, 0.15) is 51.9 Å².